The van der Waals surface area contributed by atoms with Gasteiger partial charge in [0.1, 0.15) is 0 Å². The molecule has 1 aliphatic carbocycles. The fourth-order valence-electron chi connectivity index (χ4n) is 3.26. The molecule has 0 amide bonds. The van der Waals surface area contributed by atoms with Crippen molar-refractivity contribution in [3.63, 3.8) is 0 Å². The Kier molecular flexibility index (Phi) is 3.63. The molecule has 0 aromatic heterocycles. The van der Waals surface area contributed by atoms with Gasteiger partial charge in [-0.25, -0.2) is 0 Å². The molecule has 1 N–H and O–H groups in total. The average molecular weight is 242 g/mol. The van der Waals surface area contributed by atoms with Gasteiger partial charge in [-0.2, -0.15) is 0 Å². The lowest BCUT2D eigenvalue weighted by atomic mass is 9.94. The zero-order chi connectivity index (χ0) is 12.2. The smallest absolute Gasteiger partial charge is 0.0965 e. The van der Waals surface area contributed by atoms with Crippen LogP contribution in [-0.2, 0) is 0 Å². The van der Waals surface area contributed by atoms with Crippen LogP contribution in [0, 0.1) is 0 Å². The van der Waals surface area contributed by atoms with Crippen LogP contribution in [0.2, 0.25) is 0 Å². The molecule has 1 heterocycles. The Morgan fingerprint density at radius 1 is 1.00 bits per heavy atom. The third-order valence-corrected chi connectivity index (χ3v) is 4.22. The van der Waals surface area contributed by atoms with Gasteiger partial charge in [0.2, 0.25) is 0 Å². The second-order valence-corrected chi connectivity index (χ2v) is 5.48. The van der Waals surface area contributed by atoms with E-state index in [4.69, 9.17) is 0 Å². The quantitative estimate of drug-likeness (QED) is 0.843. The van der Waals surface area contributed by atoms with E-state index in [-0.39, 0.29) is 0 Å². The van der Waals surface area contributed by atoms with Crippen LogP contribution in [0.4, 0.5) is 0 Å². The molecule has 0 unspecified atom stereocenters. The van der Waals surface area contributed by atoms with Crippen LogP contribution in [0.5, 0.6) is 0 Å². The minimum atomic E-state index is 0.601. The predicted octanol–water partition coefficient (Wildman–Crippen LogP) is 3.49. The van der Waals surface area contributed by atoms with Crippen molar-refractivity contribution >= 4 is 5.84 Å². The normalized spacial score (nSPS) is 27.9. The van der Waals surface area contributed by atoms with Gasteiger partial charge in [0, 0.05) is 24.9 Å². The first-order chi connectivity index (χ1) is 8.93. The van der Waals surface area contributed by atoms with Crippen LogP contribution in [0.3, 0.4) is 0 Å². The SMILES string of the molecule is c1ccc([C@H]2CCC[C@H]2NC2=NCCCC2)cc1. The van der Waals surface area contributed by atoms with Crippen molar-refractivity contribution in [1.82, 2.24) is 5.32 Å². The highest BCUT2D eigenvalue weighted by Gasteiger charge is 2.29. The van der Waals surface area contributed by atoms with Crippen molar-refractivity contribution in [1.29, 1.82) is 0 Å². The van der Waals surface area contributed by atoms with E-state index in [1.54, 1.807) is 0 Å². The standard InChI is InChI=1S/C16H22N2/c1-2-7-13(8-3-1)14-9-6-10-15(14)18-16-11-4-5-12-17-16/h1-3,7-8,14-15H,4-6,9-12H2,(H,17,18)/t14-,15-/m1/s1. The number of aliphatic imine (C=N–C) groups is 1. The summed E-state index contributed by atoms with van der Waals surface area (Å²) in [6.07, 6.45) is 7.66. The summed E-state index contributed by atoms with van der Waals surface area (Å²) in [6.45, 7) is 1.02. The lowest BCUT2D eigenvalue weighted by Crippen LogP contribution is -2.37. The highest BCUT2D eigenvalue weighted by atomic mass is 15.0. The fraction of sp³-hybridized carbons (Fsp3) is 0.562. The molecular weight excluding hydrogens is 220 g/mol. The molecule has 0 radical (unpaired) electrons. The van der Waals surface area contributed by atoms with E-state index in [0.29, 0.717) is 12.0 Å². The number of benzene rings is 1. The summed E-state index contributed by atoms with van der Waals surface area (Å²) in [4.78, 5) is 4.63. The largest absolute Gasteiger partial charge is 0.370 e. The maximum absolute atomic E-state index is 4.63. The molecule has 2 atom stereocenters. The lowest BCUT2D eigenvalue weighted by Gasteiger charge is -2.24. The summed E-state index contributed by atoms with van der Waals surface area (Å²) in [7, 11) is 0. The van der Waals surface area contributed by atoms with Crippen molar-refractivity contribution < 1.29 is 0 Å². The highest BCUT2D eigenvalue weighted by Crippen LogP contribution is 2.34. The van der Waals surface area contributed by atoms with Gasteiger partial charge in [-0.1, -0.05) is 36.8 Å². The van der Waals surface area contributed by atoms with E-state index in [1.807, 2.05) is 0 Å². The van der Waals surface area contributed by atoms with Crippen molar-refractivity contribution in [2.24, 2.45) is 4.99 Å². The first-order valence-electron chi connectivity index (χ1n) is 7.28. The Morgan fingerprint density at radius 3 is 2.67 bits per heavy atom. The molecule has 1 aromatic rings. The first-order valence-corrected chi connectivity index (χ1v) is 7.28. The molecule has 2 heteroatoms. The Morgan fingerprint density at radius 2 is 1.89 bits per heavy atom. The van der Waals surface area contributed by atoms with Crippen molar-refractivity contribution in [2.75, 3.05) is 6.54 Å². The summed E-state index contributed by atoms with van der Waals surface area (Å²) < 4.78 is 0. The Labute approximate surface area is 110 Å². The average Bonchev–Trinajstić information content (AvgIpc) is 2.89. The zero-order valence-corrected chi connectivity index (χ0v) is 10.9. The van der Waals surface area contributed by atoms with Crippen LogP contribution < -0.4 is 5.32 Å². The lowest BCUT2D eigenvalue weighted by molar-refractivity contribution is 0.545. The summed E-state index contributed by atoms with van der Waals surface area (Å²) >= 11 is 0. The molecule has 1 fully saturated rings. The summed E-state index contributed by atoms with van der Waals surface area (Å²) in [5, 5.41) is 3.72. The molecule has 0 bridgehead atoms. The van der Waals surface area contributed by atoms with Crippen LogP contribution in [0.25, 0.3) is 0 Å². The van der Waals surface area contributed by atoms with Gasteiger partial charge < -0.3 is 5.32 Å². The predicted molar refractivity (Wildman–Crippen MR) is 76.1 cm³/mol. The van der Waals surface area contributed by atoms with Gasteiger partial charge in [-0.05, 0) is 31.2 Å². The monoisotopic (exact) mass is 242 g/mol. The molecule has 1 aromatic carbocycles. The van der Waals surface area contributed by atoms with Gasteiger partial charge in [0.25, 0.3) is 0 Å². The van der Waals surface area contributed by atoms with Gasteiger partial charge >= 0.3 is 0 Å². The molecule has 0 spiro atoms. The van der Waals surface area contributed by atoms with Crippen LogP contribution in [0.15, 0.2) is 35.3 Å². The molecule has 18 heavy (non-hydrogen) atoms. The maximum Gasteiger partial charge on any atom is 0.0965 e. The van der Waals surface area contributed by atoms with Crippen molar-refractivity contribution in [3.8, 4) is 0 Å². The van der Waals surface area contributed by atoms with Crippen molar-refractivity contribution in [2.45, 2.75) is 50.5 Å². The molecule has 1 aliphatic heterocycles. The molecule has 2 aliphatic rings. The van der Waals surface area contributed by atoms with Gasteiger partial charge in [-0.3, -0.25) is 4.99 Å². The fourth-order valence-corrected chi connectivity index (χ4v) is 3.26. The number of nitrogens with one attached hydrogen (secondary N) is 1. The van der Waals surface area contributed by atoms with Crippen molar-refractivity contribution in [3.05, 3.63) is 35.9 Å². The zero-order valence-electron chi connectivity index (χ0n) is 10.9. The molecule has 0 saturated heterocycles. The number of rotatable bonds is 2. The number of hydrogen-bond acceptors (Lipinski definition) is 2. The Balaban J connectivity index is 1.69. The minimum absolute atomic E-state index is 0.601. The van der Waals surface area contributed by atoms with Crippen LogP contribution >= 0.6 is 0 Å². The van der Waals surface area contributed by atoms with Gasteiger partial charge in [0.15, 0.2) is 0 Å². The first kappa shape index (κ1) is 11.8. The van der Waals surface area contributed by atoms with Crippen LogP contribution in [0.1, 0.15) is 50.0 Å². The Hall–Kier alpha value is -1.31. The summed E-state index contributed by atoms with van der Waals surface area (Å²) in [5.41, 5.74) is 1.49. The van der Waals surface area contributed by atoms with E-state index in [0.717, 1.165) is 13.0 Å². The third kappa shape index (κ3) is 2.58. The molecule has 3 rings (SSSR count). The molecular formula is C16H22N2. The van der Waals surface area contributed by atoms with Gasteiger partial charge in [0.05, 0.1) is 5.84 Å². The second kappa shape index (κ2) is 5.55. The van der Waals surface area contributed by atoms with E-state index < -0.39 is 0 Å². The van der Waals surface area contributed by atoms with Crippen LogP contribution in [-0.4, -0.2) is 18.4 Å². The summed E-state index contributed by atoms with van der Waals surface area (Å²) in [6, 6.07) is 11.6. The third-order valence-electron chi connectivity index (χ3n) is 4.22. The van der Waals surface area contributed by atoms with E-state index >= 15 is 0 Å². The van der Waals surface area contributed by atoms with E-state index in [9.17, 15) is 0 Å². The highest BCUT2D eigenvalue weighted by molar-refractivity contribution is 5.83. The minimum Gasteiger partial charge on any atom is -0.370 e. The topological polar surface area (TPSA) is 24.4 Å². The molecule has 2 nitrogen and oxygen atoms in total. The number of hydrogen-bond donors (Lipinski definition) is 1. The number of amidine groups is 1. The molecule has 96 valence electrons. The number of nitrogens with zero attached hydrogens (tertiary/aromatic N) is 1. The summed E-state index contributed by atoms with van der Waals surface area (Å²) in [5.74, 6) is 1.94. The van der Waals surface area contributed by atoms with E-state index in [2.05, 4.69) is 40.6 Å². The molecule has 1 saturated carbocycles. The Bertz CT molecular complexity index is 410. The van der Waals surface area contributed by atoms with E-state index in [1.165, 1.54) is 43.5 Å². The van der Waals surface area contributed by atoms with Gasteiger partial charge in [-0.15, -0.1) is 0 Å². The maximum atomic E-state index is 4.63. The second-order valence-electron chi connectivity index (χ2n) is 5.48.